The summed E-state index contributed by atoms with van der Waals surface area (Å²) in [7, 11) is -2.77. The van der Waals surface area contributed by atoms with Crippen LogP contribution < -0.4 is 9.80 Å². The van der Waals surface area contributed by atoms with Crippen LogP contribution >= 0.6 is 0 Å². The SMILES string of the molecule is C[C@H]1[C@H]([Si](C)(C)O)[C@@H](CCn2cc(CCO)nn2)O[C@]12C(=O)N(Cc1ccc(N3CCCCC3=O)cc1)c1ccccc12. The highest BCUT2D eigenvalue weighted by Crippen LogP contribution is 2.59. The molecule has 228 valence electrons. The van der Waals surface area contributed by atoms with Crippen molar-refractivity contribution in [2.75, 3.05) is 23.0 Å². The number of para-hydroxylation sites is 1. The third-order valence-corrected chi connectivity index (χ3v) is 11.9. The Hall–Kier alpha value is -3.38. The van der Waals surface area contributed by atoms with Crippen LogP contribution in [0, 0.1) is 5.92 Å². The Kier molecular flexibility index (Phi) is 8.01. The van der Waals surface area contributed by atoms with Gasteiger partial charge in [-0.15, -0.1) is 5.10 Å². The molecule has 43 heavy (non-hydrogen) atoms. The number of nitrogens with zero attached hydrogens (tertiary/aromatic N) is 5. The smallest absolute Gasteiger partial charge is 0.264 e. The Morgan fingerprint density at radius 2 is 1.86 bits per heavy atom. The molecule has 1 aromatic heterocycles. The Morgan fingerprint density at radius 3 is 2.58 bits per heavy atom. The third kappa shape index (κ3) is 5.32. The van der Waals surface area contributed by atoms with Gasteiger partial charge in [-0.05, 0) is 56.1 Å². The van der Waals surface area contributed by atoms with E-state index in [2.05, 4.69) is 10.3 Å². The number of piperidine rings is 1. The molecule has 2 amide bonds. The van der Waals surface area contributed by atoms with Crippen LogP contribution in [0.15, 0.2) is 54.7 Å². The Morgan fingerprint density at radius 1 is 1.09 bits per heavy atom. The maximum atomic E-state index is 14.6. The molecule has 2 aromatic carbocycles. The van der Waals surface area contributed by atoms with E-state index in [0.29, 0.717) is 32.4 Å². The fraction of sp³-hybridized carbons (Fsp3) is 0.500. The number of rotatable bonds is 9. The number of carbonyl (C=O) groups excluding carboxylic acids is 2. The van der Waals surface area contributed by atoms with Gasteiger partial charge in [0, 0.05) is 61.4 Å². The number of hydrogen-bond donors (Lipinski definition) is 2. The van der Waals surface area contributed by atoms with Gasteiger partial charge in [0.15, 0.2) is 13.9 Å². The van der Waals surface area contributed by atoms with Crippen LogP contribution in [-0.2, 0) is 39.4 Å². The number of carbonyl (C=O) groups is 2. The molecular weight excluding hydrogens is 562 g/mol. The van der Waals surface area contributed by atoms with Gasteiger partial charge in [0.25, 0.3) is 5.91 Å². The summed E-state index contributed by atoms with van der Waals surface area (Å²) >= 11 is 0. The van der Waals surface area contributed by atoms with Gasteiger partial charge in [0.05, 0.1) is 24.0 Å². The monoisotopic (exact) mass is 603 g/mol. The molecule has 6 rings (SSSR count). The third-order valence-electron chi connectivity index (χ3n) is 9.40. The van der Waals surface area contributed by atoms with E-state index in [9.17, 15) is 19.5 Å². The molecule has 4 atom stereocenters. The fourth-order valence-corrected chi connectivity index (χ4v) is 10.0. The van der Waals surface area contributed by atoms with E-state index in [1.165, 1.54) is 0 Å². The van der Waals surface area contributed by atoms with Crippen molar-refractivity contribution in [2.45, 2.75) is 82.5 Å². The number of ether oxygens (including phenoxy) is 1. The number of amides is 2. The summed E-state index contributed by atoms with van der Waals surface area (Å²) in [6.45, 7) is 7.56. The predicted molar refractivity (Wildman–Crippen MR) is 165 cm³/mol. The zero-order valence-electron chi connectivity index (χ0n) is 25.1. The van der Waals surface area contributed by atoms with Gasteiger partial charge >= 0.3 is 0 Å². The lowest BCUT2D eigenvalue weighted by molar-refractivity contribution is -0.146. The maximum Gasteiger partial charge on any atom is 0.264 e. The van der Waals surface area contributed by atoms with Gasteiger partial charge in [-0.3, -0.25) is 14.3 Å². The van der Waals surface area contributed by atoms with Crippen LogP contribution in [0.1, 0.15) is 49.4 Å². The lowest BCUT2D eigenvalue weighted by Gasteiger charge is -2.32. The average Bonchev–Trinajstić information content (AvgIpc) is 3.63. The lowest BCUT2D eigenvalue weighted by Crippen LogP contribution is -2.46. The molecule has 4 heterocycles. The van der Waals surface area contributed by atoms with E-state index in [-0.39, 0.29) is 36.0 Å². The molecular formula is C32H41N5O5Si. The van der Waals surface area contributed by atoms with Gasteiger partial charge in [0.1, 0.15) is 0 Å². The minimum atomic E-state index is -2.77. The van der Waals surface area contributed by atoms with Crippen LogP contribution in [0.5, 0.6) is 0 Å². The number of aliphatic hydroxyl groups excluding tert-OH is 1. The molecule has 3 aliphatic heterocycles. The first-order valence-corrected chi connectivity index (χ1v) is 18.4. The molecule has 2 fully saturated rings. The highest BCUT2D eigenvalue weighted by atomic mass is 28.4. The van der Waals surface area contributed by atoms with Crippen LogP contribution in [0.4, 0.5) is 11.4 Å². The van der Waals surface area contributed by atoms with Crippen LogP contribution in [0.2, 0.25) is 18.6 Å². The summed E-state index contributed by atoms with van der Waals surface area (Å²) in [5.74, 6) is -0.185. The largest absolute Gasteiger partial charge is 0.432 e. The first-order valence-electron chi connectivity index (χ1n) is 15.3. The summed E-state index contributed by atoms with van der Waals surface area (Å²) in [4.78, 5) is 42.1. The molecule has 0 bridgehead atoms. The Bertz CT molecular complexity index is 1490. The zero-order valence-corrected chi connectivity index (χ0v) is 26.1. The van der Waals surface area contributed by atoms with E-state index in [4.69, 9.17) is 4.74 Å². The average molecular weight is 604 g/mol. The summed E-state index contributed by atoms with van der Waals surface area (Å²) < 4.78 is 8.63. The zero-order chi connectivity index (χ0) is 30.4. The number of benzene rings is 2. The molecule has 1 spiro atoms. The molecule has 10 nitrogen and oxygen atoms in total. The highest BCUT2D eigenvalue weighted by Gasteiger charge is 2.66. The number of hydrogen-bond acceptors (Lipinski definition) is 7. The van der Waals surface area contributed by atoms with E-state index < -0.39 is 13.9 Å². The first-order chi connectivity index (χ1) is 20.6. The van der Waals surface area contributed by atoms with Crippen molar-refractivity contribution in [3.05, 3.63) is 71.5 Å². The molecule has 2 saturated heterocycles. The quantitative estimate of drug-likeness (QED) is 0.357. The standard InChI is InChI=1S/C32H41N5O5Si/c1-22-30(43(2,3)41)28(15-18-35-21-24(16-19-38)33-34-35)42-32(22)26-8-4-5-9-27(26)37(31(32)40)20-23-11-13-25(14-12-23)36-17-7-6-10-29(36)39/h4-5,8-9,11-14,21-22,28,30,38,41H,6-7,10,15-20H2,1-3H3/t22-,28+,30-,32+/m0/s1. The van der Waals surface area contributed by atoms with Crippen molar-refractivity contribution in [3.8, 4) is 0 Å². The minimum absolute atomic E-state index is 0.0110. The van der Waals surface area contributed by atoms with E-state index in [1.807, 2.05) is 84.5 Å². The van der Waals surface area contributed by atoms with E-state index >= 15 is 0 Å². The second-order valence-electron chi connectivity index (χ2n) is 12.7. The van der Waals surface area contributed by atoms with Gasteiger partial charge in [-0.25, -0.2) is 0 Å². The van der Waals surface area contributed by atoms with E-state index in [1.54, 1.807) is 4.68 Å². The maximum absolute atomic E-state index is 14.6. The van der Waals surface area contributed by atoms with Crippen LogP contribution in [-0.4, -0.2) is 64.3 Å². The van der Waals surface area contributed by atoms with Crippen molar-refractivity contribution in [3.63, 3.8) is 0 Å². The van der Waals surface area contributed by atoms with Crippen molar-refractivity contribution in [1.29, 1.82) is 0 Å². The first kappa shape index (κ1) is 29.7. The van der Waals surface area contributed by atoms with Crippen LogP contribution in [0.3, 0.4) is 0 Å². The normalized spacial score (nSPS) is 25.7. The summed E-state index contributed by atoms with van der Waals surface area (Å²) in [6, 6.07) is 15.8. The number of aliphatic hydroxyl groups is 1. The predicted octanol–water partition coefficient (Wildman–Crippen LogP) is 3.76. The van der Waals surface area contributed by atoms with Crippen LogP contribution in [0.25, 0.3) is 0 Å². The summed E-state index contributed by atoms with van der Waals surface area (Å²) in [6.07, 6.45) is 5.03. The Labute approximate surface area is 253 Å². The summed E-state index contributed by atoms with van der Waals surface area (Å²) in [5.41, 5.74) is 2.89. The molecule has 11 heteroatoms. The molecule has 0 radical (unpaired) electrons. The van der Waals surface area contributed by atoms with Crippen molar-refractivity contribution < 1.29 is 24.2 Å². The van der Waals surface area contributed by atoms with Gasteiger partial charge < -0.3 is 24.4 Å². The number of aromatic nitrogens is 3. The van der Waals surface area contributed by atoms with Gasteiger partial charge in [0.2, 0.25) is 5.91 Å². The molecule has 0 saturated carbocycles. The van der Waals surface area contributed by atoms with E-state index in [0.717, 1.165) is 47.6 Å². The molecule has 3 aliphatic rings. The highest BCUT2D eigenvalue weighted by molar-refractivity contribution is 6.71. The number of aryl methyl sites for hydroxylation is 1. The number of anilines is 2. The fourth-order valence-electron chi connectivity index (χ4n) is 7.44. The van der Waals surface area contributed by atoms with Crippen molar-refractivity contribution in [2.24, 2.45) is 5.92 Å². The van der Waals surface area contributed by atoms with Gasteiger partial charge in [-0.2, -0.15) is 0 Å². The second-order valence-corrected chi connectivity index (χ2v) is 16.6. The minimum Gasteiger partial charge on any atom is -0.432 e. The topological polar surface area (TPSA) is 121 Å². The molecule has 0 unspecified atom stereocenters. The van der Waals surface area contributed by atoms with Gasteiger partial charge in [-0.1, -0.05) is 42.5 Å². The van der Waals surface area contributed by atoms with Crippen molar-refractivity contribution >= 4 is 31.5 Å². The molecule has 3 aromatic rings. The molecule has 0 aliphatic carbocycles. The second kappa shape index (κ2) is 11.6. The van der Waals surface area contributed by atoms with Crippen molar-refractivity contribution in [1.82, 2.24) is 15.0 Å². The lowest BCUT2D eigenvalue weighted by atomic mass is 9.82. The Balaban J connectivity index is 1.27. The molecule has 2 N–H and O–H groups in total. The number of fused-ring (bicyclic) bond motifs is 2. The summed E-state index contributed by atoms with van der Waals surface area (Å²) in [5, 5.41) is 17.5.